The van der Waals surface area contributed by atoms with Gasteiger partial charge in [0.2, 0.25) is 5.91 Å². The molecule has 5 nitrogen and oxygen atoms in total. The molecule has 7 heteroatoms. The zero-order valence-electron chi connectivity index (χ0n) is 12.5. The molecule has 2 rings (SSSR count). The third-order valence-electron chi connectivity index (χ3n) is 2.99. The fraction of sp³-hybridized carbons (Fsp3) is 0.267. The SMILES string of the molecule is CC(NC(=O)c1csc(-c2ccc(Cl)cc2)n1)C(=O)N(C)C. The number of nitrogens with zero attached hydrogens (tertiary/aromatic N) is 2. The number of carbonyl (C=O) groups is 2. The van der Waals surface area contributed by atoms with Gasteiger partial charge < -0.3 is 10.2 Å². The van der Waals surface area contributed by atoms with Crippen molar-refractivity contribution >= 4 is 34.8 Å². The molecule has 1 heterocycles. The number of amides is 2. The normalized spacial score (nSPS) is 11.8. The Balaban J connectivity index is 2.09. The summed E-state index contributed by atoms with van der Waals surface area (Å²) in [7, 11) is 3.29. The highest BCUT2D eigenvalue weighted by Gasteiger charge is 2.19. The first-order chi connectivity index (χ1) is 10.4. The summed E-state index contributed by atoms with van der Waals surface area (Å²) in [4.78, 5) is 29.6. The maximum Gasteiger partial charge on any atom is 0.271 e. The molecular formula is C15H16ClN3O2S. The predicted molar refractivity (Wildman–Crippen MR) is 88.2 cm³/mol. The molecule has 1 N–H and O–H groups in total. The molecule has 0 spiro atoms. The Labute approximate surface area is 137 Å². The van der Waals surface area contributed by atoms with Gasteiger partial charge in [-0.15, -0.1) is 11.3 Å². The van der Waals surface area contributed by atoms with Crippen LogP contribution in [0.3, 0.4) is 0 Å². The second-order valence-corrected chi connectivity index (χ2v) is 6.27. The number of likely N-dealkylation sites (N-methyl/N-ethyl adjacent to an activating group) is 1. The molecule has 0 bridgehead atoms. The van der Waals surface area contributed by atoms with Crippen LogP contribution in [0.5, 0.6) is 0 Å². The van der Waals surface area contributed by atoms with E-state index in [2.05, 4.69) is 10.3 Å². The molecule has 0 fully saturated rings. The standard InChI is InChI=1S/C15H16ClN3O2S/c1-9(15(21)19(2)3)17-13(20)12-8-22-14(18-12)10-4-6-11(16)7-5-10/h4-9H,1-3H3,(H,17,20). The van der Waals surface area contributed by atoms with Crippen molar-refractivity contribution in [3.8, 4) is 10.6 Å². The summed E-state index contributed by atoms with van der Waals surface area (Å²) in [5, 5.41) is 5.69. The molecule has 1 atom stereocenters. The first-order valence-electron chi connectivity index (χ1n) is 6.62. The quantitative estimate of drug-likeness (QED) is 0.933. The van der Waals surface area contributed by atoms with Crippen molar-refractivity contribution in [2.75, 3.05) is 14.1 Å². The number of carbonyl (C=O) groups excluding carboxylic acids is 2. The number of aromatic nitrogens is 1. The Kier molecular flexibility index (Phi) is 5.15. The van der Waals surface area contributed by atoms with Gasteiger partial charge in [0.25, 0.3) is 5.91 Å². The molecule has 0 saturated carbocycles. The first kappa shape index (κ1) is 16.5. The molecule has 0 aliphatic rings. The molecule has 0 aliphatic carbocycles. The molecule has 22 heavy (non-hydrogen) atoms. The fourth-order valence-electron chi connectivity index (χ4n) is 1.82. The summed E-state index contributed by atoms with van der Waals surface area (Å²) >= 11 is 7.22. The van der Waals surface area contributed by atoms with Gasteiger partial charge in [-0.25, -0.2) is 4.98 Å². The number of nitrogens with one attached hydrogen (secondary N) is 1. The summed E-state index contributed by atoms with van der Waals surface area (Å²) in [6.45, 7) is 1.65. The Morgan fingerprint density at radius 2 is 1.91 bits per heavy atom. The van der Waals surface area contributed by atoms with E-state index in [4.69, 9.17) is 11.6 Å². The Bertz CT molecular complexity index is 682. The molecule has 116 valence electrons. The van der Waals surface area contributed by atoms with Gasteiger partial charge in [0.1, 0.15) is 16.7 Å². The minimum absolute atomic E-state index is 0.165. The van der Waals surface area contributed by atoms with Gasteiger partial charge in [-0.05, 0) is 19.1 Å². The number of rotatable bonds is 4. The van der Waals surface area contributed by atoms with Crippen molar-refractivity contribution in [3.05, 3.63) is 40.4 Å². The van der Waals surface area contributed by atoms with Gasteiger partial charge in [0.15, 0.2) is 0 Å². The molecule has 1 unspecified atom stereocenters. The molecule has 2 amide bonds. The van der Waals surface area contributed by atoms with E-state index in [9.17, 15) is 9.59 Å². The van der Waals surface area contributed by atoms with Crippen molar-refractivity contribution in [2.24, 2.45) is 0 Å². The Morgan fingerprint density at radius 1 is 1.27 bits per heavy atom. The fourth-order valence-corrected chi connectivity index (χ4v) is 2.75. The van der Waals surface area contributed by atoms with Crippen LogP contribution in [0.15, 0.2) is 29.6 Å². The molecular weight excluding hydrogens is 322 g/mol. The van der Waals surface area contributed by atoms with Crippen LogP contribution in [0, 0.1) is 0 Å². The largest absolute Gasteiger partial charge is 0.347 e. The van der Waals surface area contributed by atoms with Crippen molar-refractivity contribution in [2.45, 2.75) is 13.0 Å². The van der Waals surface area contributed by atoms with E-state index >= 15 is 0 Å². The van der Waals surface area contributed by atoms with Crippen LogP contribution in [0.4, 0.5) is 0 Å². The van der Waals surface area contributed by atoms with Crippen LogP contribution in [0.25, 0.3) is 10.6 Å². The third kappa shape index (κ3) is 3.84. The highest BCUT2D eigenvalue weighted by atomic mass is 35.5. The van der Waals surface area contributed by atoms with Crippen LogP contribution >= 0.6 is 22.9 Å². The molecule has 2 aromatic rings. The average Bonchev–Trinajstić information content (AvgIpc) is 2.96. The summed E-state index contributed by atoms with van der Waals surface area (Å²) in [6, 6.07) is 6.65. The number of thiazole rings is 1. The summed E-state index contributed by atoms with van der Waals surface area (Å²) in [5.41, 5.74) is 1.19. The second kappa shape index (κ2) is 6.89. The summed E-state index contributed by atoms with van der Waals surface area (Å²) in [5.74, 6) is -0.527. The minimum Gasteiger partial charge on any atom is -0.347 e. The monoisotopic (exact) mass is 337 g/mol. The smallest absolute Gasteiger partial charge is 0.271 e. The highest BCUT2D eigenvalue weighted by Crippen LogP contribution is 2.25. The maximum atomic E-state index is 12.1. The predicted octanol–water partition coefficient (Wildman–Crippen LogP) is 2.67. The Morgan fingerprint density at radius 3 is 2.50 bits per heavy atom. The zero-order valence-corrected chi connectivity index (χ0v) is 14.0. The van der Waals surface area contributed by atoms with E-state index in [1.165, 1.54) is 16.2 Å². The van der Waals surface area contributed by atoms with Gasteiger partial charge in [0.05, 0.1) is 0 Å². The van der Waals surface area contributed by atoms with Crippen molar-refractivity contribution < 1.29 is 9.59 Å². The highest BCUT2D eigenvalue weighted by molar-refractivity contribution is 7.13. The topological polar surface area (TPSA) is 62.3 Å². The van der Waals surface area contributed by atoms with Gasteiger partial charge >= 0.3 is 0 Å². The van der Waals surface area contributed by atoms with Crippen LogP contribution in [-0.4, -0.2) is 41.8 Å². The van der Waals surface area contributed by atoms with Crippen molar-refractivity contribution in [1.82, 2.24) is 15.2 Å². The molecule has 0 saturated heterocycles. The molecule has 1 aromatic carbocycles. The summed E-state index contributed by atoms with van der Waals surface area (Å²) in [6.07, 6.45) is 0. The van der Waals surface area contributed by atoms with Gasteiger partial charge in [0, 0.05) is 30.1 Å². The van der Waals surface area contributed by atoms with E-state index in [0.717, 1.165) is 10.6 Å². The summed E-state index contributed by atoms with van der Waals surface area (Å²) < 4.78 is 0. The van der Waals surface area contributed by atoms with E-state index in [0.29, 0.717) is 10.7 Å². The lowest BCUT2D eigenvalue weighted by molar-refractivity contribution is -0.130. The minimum atomic E-state index is -0.594. The van der Waals surface area contributed by atoms with E-state index in [-0.39, 0.29) is 11.8 Å². The second-order valence-electron chi connectivity index (χ2n) is 4.97. The number of halogens is 1. The molecule has 1 aromatic heterocycles. The van der Waals surface area contributed by atoms with Crippen LogP contribution in [0.1, 0.15) is 17.4 Å². The number of hydrogen-bond donors (Lipinski definition) is 1. The Hall–Kier alpha value is -1.92. The van der Waals surface area contributed by atoms with Crippen LogP contribution in [-0.2, 0) is 4.79 Å². The number of hydrogen-bond acceptors (Lipinski definition) is 4. The zero-order chi connectivity index (χ0) is 16.3. The average molecular weight is 338 g/mol. The number of benzene rings is 1. The maximum absolute atomic E-state index is 12.1. The molecule has 0 radical (unpaired) electrons. The van der Waals surface area contributed by atoms with Gasteiger partial charge in [-0.2, -0.15) is 0 Å². The molecule has 0 aliphatic heterocycles. The van der Waals surface area contributed by atoms with Gasteiger partial charge in [-0.3, -0.25) is 9.59 Å². The van der Waals surface area contributed by atoms with Gasteiger partial charge in [-0.1, -0.05) is 23.7 Å². The van der Waals surface area contributed by atoms with Crippen molar-refractivity contribution in [3.63, 3.8) is 0 Å². The van der Waals surface area contributed by atoms with E-state index in [1.54, 1.807) is 38.5 Å². The lowest BCUT2D eigenvalue weighted by Crippen LogP contribution is -2.44. The lowest BCUT2D eigenvalue weighted by atomic mass is 10.2. The van der Waals surface area contributed by atoms with Crippen LogP contribution in [0.2, 0.25) is 5.02 Å². The van der Waals surface area contributed by atoms with E-state index in [1.807, 2.05) is 12.1 Å². The van der Waals surface area contributed by atoms with E-state index < -0.39 is 6.04 Å². The van der Waals surface area contributed by atoms with Crippen LogP contribution < -0.4 is 5.32 Å². The third-order valence-corrected chi connectivity index (χ3v) is 4.13. The lowest BCUT2D eigenvalue weighted by Gasteiger charge is -2.17. The first-order valence-corrected chi connectivity index (χ1v) is 7.87. The van der Waals surface area contributed by atoms with Crippen molar-refractivity contribution in [1.29, 1.82) is 0 Å².